The molecule has 256 valence electrons. The summed E-state index contributed by atoms with van der Waals surface area (Å²) in [6, 6.07) is -0.984. The van der Waals surface area contributed by atoms with Gasteiger partial charge < -0.3 is 25.7 Å². The average Bonchev–Trinajstić information content (AvgIpc) is 3.01. The lowest BCUT2D eigenvalue weighted by Gasteiger charge is -2.27. The molecule has 1 amide bonds. The van der Waals surface area contributed by atoms with Crippen LogP contribution in [0, 0.1) is 0 Å². The highest BCUT2D eigenvalue weighted by atomic mass is 16.3. The van der Waals surface area contributed by atoms with Crippen LogP contribution in [0.5, 0.6) is 0 Å². The van der Waals surface area contributed by atoms with Gasteiger partial charge in [0.05, 0.1) is 18.8 Å². The zero-order valence-electron chi connectivity index (χ0n) is 28.5. The summed E-state index contributed by atoms with van der Waals surface area (Å²) in [4.78, 5) is 12.4. The summed E-state index contributed by atoms with van der Waals surface area (Å²) in [6.45, 7) is 4.01. The Hall–Kier alpha value is -0.950. The van der Waals surface area contributed by atoms with Crippen molar-refractivity contribution < 1.29 is 25.2 Å². The van der Waals surface area contributed by atoms with E-state index in [1.54, 1.807) is 0 Å². The molecule has 0 saturated heterocycles. The van der Waals surface area contributed by atoms with Crippen LogP contribution in [0.2, 0.25) is 0 Å². The second-order valence-corrected chi connectivity index (χ2v) is 12.9. The molecule has 0 heterocycles. The molecule has 0 aliphatic carbocycles. The Balaban J connectivity index is 3.83. The van der Waals surface area contributed by atoms with Crippen molar-refractivity contribution >= 4 is 5.91 Å². The fourth-order valence-corrected chi connectivity index (χ4v) is 5.69. The standard InChI is InChI=1S/C37H73NO5/c1-3-5-7-9-11-13-15-17-18-19-21-23-25-27-29-31-35(41)37(43)38-33(32-39)36(42)34(40)30-28-26-24-22-20-16-14-12-10-8-6-4-2/h18-19,33-36,39-42H,3-17,20-32H2,1-2H3,(H,38,43)/b19-18-. The van der Waals surface area contributed by atoms with Gasteiger partial charge in [-0.25, -0.2) is 0 Å². The molecule has 0 aromatic heterocycles. The zero-order valence-corrected chi connectivity index (χ0v) is 28.5. The Morgan fingerprint density at radius 2 is 0.930 bits per heavy atom. The summed E-state index contributed by atoms with van der Waals surface area (Å²) in [7, 11) is 0. The molecule has 0 aliphatic heterocycles. The number of allylic oxidation sites excluding steroid dienone is 2. The summed E-state index contributed by atoms with van der Waals surface area (Å²) < 4.78 is 0. The van der Waals surface area contributed by atoms with E-state index >= 15 is 0 Å². The van der Waals surface area contributed by atoms with Crippen molar-refractivity contribution in [3.8, 4) is 0 Å². The van der Waals surface area contributed by atoms with Crippen LogP contribution in [0.15, 0.2) is 12.2 Å². The molecular weight excluding hydrogens is 538 g/mol. The molecule has 0 fully saturated rings. The molecule has 4 atom stereocenters. The summed E-state index contributed by atoms with van der Waals surface area (Å²) in [6.07, 6.45) is 32.3. The van der Waals surface area contributed by atoms with E-state index in [-0.39, 0.29) is 0 Å². The number of carbonyl (C=O) groups is 1. The van der Waals surface area contributed by atoms with Crippen LogP contribution in [-0.4, -0.2) is 57.3 Å². The van der Waals surface area contributed by atoms with Crippen LogP contribution >= 0.6 is 0 Å². The third-order valence-corrected chi connectivity index (χ3v) is 8.73. The normalized spacial score (nSPS) is 14.7. The van der Waals surface area contributed by atoms with Gasteiger partial charge in [-0.1, -0.05) is 161 Å². The van der Waals surface area contributed by atoms with E-state index in [4.69, 9.17) is 0 Å². The van der Waals surface area contributed by atoms with Crippen molar-refractivity contribution in [3.63, 3.8) is 0 Å². The molecule has 0 aromatic rings. The van der Waals surface area contributed by atoms with Gasteiger partial charge in [0.1, 0.15) is 12.2 Å². The number of carbonyl (C=O) groups excluding carboxylic acids is 1. The first-order valence-electron chi connectivity index (χ1n) is 18.6. The molecule has 0 aliphatic rings. The molecule has 0 saturated carbocycles. The second kappa shape index (κ2) is 32.4. The van der Waals surface area contributed by atoms with Crippen LogP contribution in [0.25, 0.3) is 0 Å². The summed E-state index contributed by atoms with van der Waals surface area (Å²) >= 11 is 0. The molecule has 0 spiro atoms. The maximum absolute atomic E-state index is 12.4. The van der Waals surface area contributed by atoms with E-state index in [2.05, 4.69) is 31.3 Å². The minimum absolute atomic E-state index is 0.357. The van der Waals surface area contributed by atoms with Crippen molar-refractivity contribution in [1.29, 1.82) is 0 Å². The van der Waals surface area contributed by atoms with Gasteiger partial charge in [-0.15, -0.1) is 0 Å². The lowest BCUT2D eigenvalue weighted by molar-refractivity contribution is -0.132. The molecule has 4 unspecified atom stereocenters. The van der Waals surface area contributed by atoms with Gasteiger partial charge in [-0.3, -0.25) is 4.79 Å². The van der Waals surface area contributed by atoms with E-state index in [1.165, 1.54) is 109 Å². The summed E-state index contributed by atoms with van der Waals surface area (Å²) in [5, 5.41) is 43.4. The van der Waals surface area contributed by atoms with Crippen LogP contribution in [0.4, 0.5) is 0 Å². The van der Waals surface area contributed by atoms with Crippen molar-refractivity contribution in [2.45, 2.75) is 212 Å². The monoisotopic (exact) mass is 612 g/mol. The Morgan fingerprint density at radius 1 is 0.558 bits per heavy atom. The van der Waals surface area contributed by atoms with E-state index in [0.29, 0.717) is 12.8 Å². The number of hydrogen-bond acceptors (Lipinski definition) is 5. The minimum Gasteiger partial charge on any atom is -0.394 e. The number of amides is 1. The van der Waals surface area contributed by atoms with Gasteiger partial charge >= 0.3 is 0 Å². The number of aliphatic hydroxyl groups is 4. The van der Waals surface area contributed by atoms with Gasteiger partial charge in [-0.2, -0.15) is 0 Å². The van der Waals surface area contributed by atoms with Crippen LogP contribution in [0.1, 0.15) is 187 Å². The first-order chi connectivity index (χ1) is 21.0. The van der Waals surface area contributed by atoms with Crippen molar-refractivity contribution in [1.82, 2.24) is 5.32 Å². The minimum atomic E-state index is -1.26. The highest BCUT2D eigenvalue weighted by molar-refractivity contribution is 5.80. The number of unbranched alkanes of at least 4 members (excludes halogenated alkanes) is 22. The van der Waals surface area contributed by atoms with E-state index in [1.807, 2.05) is 0 Å². The molecule has 0 rings (SSSR count). The maximum Gasteiger partial charge on any atom is 0.249 e. The number of aliphatic hydroxyl groups excluding tert-OH is 4. The van der Waals surface area contributed by atoms with Crippen LogP contribution < -0.4 is 5.32 Å². The molecule has 43 heavy (non-hydrogen) atoms. The van der Waals surface area contributed by atoms with Gasteiger partial charge in [0.2, 0.25) is 5.91 Å². The predicted molar refractivity (Wildman–Crippen MR) is 182 cm³/mol. The van der Waals surface area contributed by atoms with Gasteiger partial charge in [0, 0.05) is 0 Å². The van der Waals surface area contributed by atoms with Crippen LogP contribution in [-0.2, 0) is 4.79 Å². The molecule has 0 bridgehead atoms. The Kier molecular flexibility index (Phi) is 31.7. The van der Waals surface area contributed by atoms with Gasteiger partial charge in [0.15, 0.2) is 0 Å². The quantitative estimate of drug-likeness (QED) is 0.0377. The number of rotatable bonds is 33. The van der Waals surface area contributed by atoms with Crippen molar-refractivity contribution in [2.75, 3.05) is 6.61 Å². The van der Waals surface area contributed by atoms with Gasteiger partial charge in [-0.05, 0) is 38.5 Å². The Labute approximate surface area is 266 Å². The Morgan fingerprint density at radius 3 is 1.35 bits per heavy atom. The first-order valence-corrected chi connectivity index (χ1v) is 18.6. The van der Waals surface area contributed by atoms with E-state index in [9.17, 15) is 25.2 Å². The number of hydrogen-bond donors (Lipinski definition) is 5. The Bertz CT molecular complexity index is 614. The van der Waals surface area contributed by atoms with Crippen molar-refractivity contribution in [3.05, 3.63) is 12.2 Å². The predicted octanol–water partition coefficient (Wildman–Crippen LogP) is 8.67. The number of nitrogens with one attached hydrogen (secondary N) is 1. The van der Waals surface area contributed by atoms with E-state index in [0.717, 1.165) is 51.4 Å². The fraction of sp³-hybridized carbons (Fsp3) is 0.919. The third kappa shape index (κ3) is 27.1. The first kappa shape index (κ1) is 42.0. The lowest BCUT2D eigenvalue weighted by atomic mass is 9.99. The highest BCUT2D eigenvalue weighted by Gasteiger charge is 2.28. The highest BCUT2D eigenvalue weighted by Crippen LogP contribution is 2.15. The second-order valence-electron chi connectivity index (χ2n) is 12.9. The smallest absolute Gasteiger partial charge is 0.249 e. The largest absolute Gasteiger partial charge is 0.394 e. The molecule has 6 nitrogen and oxygen atoms in total. The summed E-state index contributed by atoms with van der Waals surface area (Å²) in [5.41, 5.74) is 0. The molecule has 6 heteroatoms. The molecular formula is C37H73NO5. The molecule has 0 radical (unpaired) electrons. The fourth-order valence-electron chi connectivity index (χ4n) is 5.69. The average molecular weight is 612 g/mol. The lowest BCUT2D eigenvalue weighted by Crippen LogP contribution is -2.53. The SMILES string of the molecule is CCCCCCCCC/C=C\CCCCCCC(O)C(=O)NC(CO)C(O)C(O)CCCCCCCCCCCCCC. The maximum atomic E-state index is 12.4. The third-order valence-electron chi connectivity index (χ3n) is 8.73. The topological polar surface area (TPSA) is 110 Å². The van der Waals surface area contributed by atoms with E-state index < -0.39 is 36.9 Å². The zero-order chi connectivity index (χ0) is 31.8. The van der Waals surface area contributed by atoms with Crippen molar-refractivity contribution in [2.24, 2.45) is 0 Å². The molecule has 5 N–H and O–H groups in total. The summed E-state index contributed by atoms with van der Waals surface area (Å²) in [5.74, 6) is -0.594. The van der Waals surface area contributed by atoms with Crippen LogP contribution in [0.3, 0.4) is 0 Å². The molecule has 0 aromatic carbocycles. The van der Waals surface area contributed by atoms with Gasteiger partial charge in [0.25, 0.3) is 0 Å².